The summed E-state index contributed by atoms with van der Waals surface area (Å²) < 4.78 is 0. The normalized spacial score (nSPS) is 21.9. The van der Waals surface area contributed by atoms with Crippen molar-refractivity contribution in [2.75, 3.05) is 17.6 Å². The average molecular weight is 193 g/mol. The molecule has 0 radical (unpaired) electrons. The molecule has 1 aromatic heterocycles. The van der Waals surface area contributed by atoms with Crippen LogP contribution in [0.5, 0.6) is 0 Å². The summed E-state index contributed by atoms with van der Waals surface area (Å²) in [5.74, 6) is 1.10. The molecule has 1 aliphatic heterocycles. The number of nitrogens with one attached hydrogen (secondary N) is 2. The summed E-state index contributed by atoms with van der Waals surface area (Å²) in [6.07, 6.45) is 5.54. The van der Waals surface area contributed by atoms with E-state index in [1.807, 2.05) is 0 Å². The molecule has 5 nitrogen and oxygen atoms in total. The summed E-state index contributed by atoms with van der Waals surface area (Å²) in [5, 5.41) is 6.56. The van der Waals surface area contributed by atoms with Crippen molar-refractivity contribution in [2.24, 2.45) is 0 Å². The monoisotopic (exact) mass is 193 g/mol. The topological polar surface area (TPSA) is 75.9 Å². The van der Waals surface area contributed by atoms with Crippen molar-refractivity contribution in [3.8, 4) is 0 Å². The fourth-order valence-electron chi connectivity index (χ4n) is 1.57. The molecule has 0 bridgehead atoms. The molecule has 1 atom stereocenters. The van der Waals surface area contributed by atoms with Gasteiger partial charge < -0.3 is 11.1 Å². The van der Waals surface area contributed by atoms with Gasteiger partial charge in [0.2, 0.25) is 5.95 Å². The Kier molecular flexibility index (Phi) is 2.78. The zero-order valence-electron chi connectivity index (χ0n) is 8.03. The first-order chi connectivity index (χ1) is 6.84. The van der Waals surface area contributed by atoms with Gasteiger partial charge in [0, 0.05) is 6.20 Å². The maximum atomic E-state index is 5.55. The van der Waals surface area contributed by atoms with Crippen LogP contribution in [0, 0.1) is 0 Å². The summed E-state index contributed by atoms with van der Waals surface area (Å²) in [5.41, 5.74) is 5.55. The second kappa shape index (κ2) is 4.23. The lowest BCUT2D eigenvalue weighted by atomic mass is 10.1. The van der Waals surface area contributed by atoms with Crippen molar-refractivity contribution in [3.63, 3.8) is 0 Å². The number of rotatable bonds is 2. The third-order valence-corrected chi connectivity index (χ3v) is 2.29. The molecule has 1 aliphatic rings. The molecule has 0 aliphatic carbocycles. The Balaban J connectivity index is 1.95. The van der Waals surface area contributed by atoms with Crippen LogP contribution in [0.2, 0.25) is 0 Å². The van der Waals surface area contributed by atoms with Crippen molar-refractivity contribution in [2.45, 2.75) is 25.4 Å². The van der Waals surface area contributed by atoms with E-state index >= 15 is 0 Å². The Labute approximate surface area is 83.1 Å². The highest BCUT2D eigenvalue weighted by molar-refractivity contribution is 5.35. The van der Waals surface area contributed by atoms with Crippen LogP contribution in [0.1, 0.15) is 19.3 Å². The van der Waals surface area contributed by atoms with Crippen molar-refractivity contribution >= 4 is 11.8 Å². The van der Waals surface area contributed by atoms with E-state index < -0.39 is 0 Å². The second-order valence-corrected chi connectivity index (χ2v) is 3.45. The highest BCUT2D eigenvalue weighted by atomic mass is 15.2. The number of hydrogen-bond donors (Lipinski definition) is 3. The van der Waals surface area contributed by atoms with E-state index in [4.69, 9.17) is 5.73 Å². The number of nitrogens with zero attached hydrogens (tertiary/aromatic N) is 2. The van der Waals surface area contributed by atoms with Crippen molar-refractivity contribution in [1.29, 1.82) is 0 Å². The van der Waals surface area contributed by atoms with Gasteiger partial charge in [-0.1, -0.05) is 0 Å². The molecule has 1 saturated heterocycles. The van der Waals surface area contributed by atoms with Crippen LogP contribution in [-0.4, -0.2) is 22.7 Å². The third-order valence-electron chi connectivity index (χ3n) is 2.29. The standard InChI is InChI=1S/C9H15N5/c10-7-4-6-12-9(13-7)14-8-3-1-2-5-11-8/h4,6,8,11H,1-3,5H2,(H3,10,12,13,14). The molecule has 0 aromatic carbocycles. The van der Waals surface area contributed by atoms with E-state index in [2.05, 4.69) is 20.6 Å². The first kappa shape index (κ1) is 9.21. The van der Waals surface area contributed by atoms with Crippen LogP contribution in [0.15, 0.2) is 12.3 Å². The Morgan fingerprint density at radius 3 is 3.14 bits per heavy atom. The number of hydrogen-bond acceptors (Lipinski definition) is 5. The van der Waals surface area contributed by atoms with Crippen molar-refractivity contribution < 1.29 is 0 Å². The fourth-order valence-corrected chi connectivity index (χ4v) is 1.57. The van der Waals surface area contributed by atoms with E-state index in [0.29, 0.717) is 11.8 Å². The minimum Gasteiger partial charge on any atom is -0.384 e. The molecule has 1 aromatic rings. The zero-order valence-corrected chi connectivity index (χ0v) is 8.03. The number of aromatic nitrogens is 2. The van der Waals surface area contributed by atoms with E-state index in [0.717, 1.165) is 13.0 Å². The Bertz CT molecular complexity index is 295. The minimum atomic E-state index is 0.283. The average Bonchev–Trinajstić information content (AvgIpc) is 2.19. The van der Waals surface area contributed by atoms with Crippen molar-refractivity contribution in [1.82, 2.24) is 15.3 Å². The number of piperidine rings is 1. The third kappa shape index (κ3) is 2.32. The molecule has 2 rings (SSSR count). The highest BCUT2D eigenvalue weighted by Crippen LogP contribution is 2.09. The van der Waals surface area contributed by atoms with Crippen molar-refractivity contribution in [3.05, 3.63) is 12.3 Å². The van der Waals surface area contributed by atoms with Gasteiger partial charge >= 0.3 is 0 Å². The smallest absolute Gasteiger partial charge is 0.225 e. The van der Waals surface area contributed by atoms with Gasteiger partial charge in [-0.05, 0) is 31.9 Å². The van der Waals surface area contributed by atoms with Crippen LogP contribution >= 0.6 is 0 Å². The zero-order chi connectivity index (χ0) is 9.80. The van der Waals surface area contributed by atoms with Gasteiger partial charge in [-0.3, -0.25) is 5.32 Å². The molecule has 0 saturated carbocycles. The summed E-state index contributed by atoms with van der Waals surface area (Å²) in [4.78, 5) is 8.17. The van der Waals surface area contributed by atoms with Crippen LogP contribution in [0.4, 0.5) is 11.8 Å². The molecule has 4 N–H and O–H groups in total. The van der Waals surface area contributed by atoms with E-state index in [9.17, 15) is 0 Å². The van der Waals surface area contributed by atoms with E-state index in [1.54, 1.807) is 12.3 Å². The van der Waals surface area contributed by atoms with Gasteiger partial charge in [-0.2, -0.15) is 4.98 Å². The van der Waals surface area contributed by atoms with Gasteiger partial charge in [0.1, 0.15) is 5.82 Å². The van der Waals surface area contributed by atoms with Crippen LogP contribution in [-0.2, 0) is 0 Å². The molecule has 5 heteroatoms. The van der Waals surface area contributed by atoms with E-state index in [1.165, 1.54) is 12.8 Å². The minimum absolute atomic E-state index is 0.283. The molecular weight excluding hydrogens is 178 g/mol. The predicted molar refractivity (Wildman–Crippen MR) is 55.7 cm³/mol. The second-order valence-electron chi connectivity index (χ2n) is 3.45. The SMILES string of the molecule is Nc1ccnc(NC2CCCCN2)n1. The predicted octanol–water partition coefficient (Wildman–Crippen LogP) is 0.570. The summed E-state index contributed by atoms with van der Waals surface area (Å²) in [6, 6.07) is 1.68. The van der Waals surface area contributed by atoms with Gasteiger partial charge in [-0.15, -0.1) is 0 Å². The van der Waals surface area contributed by atoms with E-state index in [-0.39, 0.29) is 6.17 Å². The van der Waals surface area contributed by atoms with Gasteiger partial charge in [-0.25, -0.2) is 4.98 Å². The molecule has 76 valence electrons. The summed E-state index contributed by atoms with van der Waals surface area (Å²) in [6.45, 7) is 1.06. The Hall–Kier alpha value is -1.36. The molecule has 2 heterocycles. The summed E-state index contributed by atoms with van der Waals surface area (Å²) in [7, 11) is 0. The molecule has 14 heavy (non-hydrogen) atoms. The van der Waals surface area contributed by atoms with Crippen LogP contribution in [0.3, 0.4) is 0 Å². The Morgan fingerprint density at radius 1 is 1.50 bits per heavy atom. The highest BCUT2D eigenvalue weighted by Gasteiger charge is 2.12. The van der Waals surface area contributed by atoms with Gasteiger partial charge in [0.25, 0.3) is 0 Å². The lowest BCUT2D eigenvalue weighted by Crippen LogP contribution is -2.40. The molecular formula is C9H15N5. The lowest BCUT2D eigenvalue weighted by Gasteiger charge is -2.24. The molecule has 0 spiro atoms. The van der Waals surface area contributed by atoms with Crippen LogP contribution < -0.4 is 16.4 Å². The fraction of sp³-hybridized carbons (Fsp3) is 0.556. The first-order valence-electron chi connectivity index (χ1n) is 4.93. The quantitative estimate of drug-likeness (QED) is 0.640. The first-order valence-corrected chi connectivity index (χ1v) is 4.93. The Morgan fingerprint density at radius 2 is 2.43 bits per heavy atom. The van der Waals surface area contributed by atoms with Gasteiger partial charge in [0.05, 0.1) is 6.17 Å². The van der Waals surface area contributed by atoms with Crippen LogP contribution in [0.25, 0.3) is 0 Å². The number of nitrogens with two attached hydrogens (primary N) is 1. The maximum Gasteiger partial charge on any atom is 0.225 e. The molecule has 0 amide bonds. The van der Waals surface area contributed by atoms with Gasteiger partial charge in [0.15, 0.2) is 0 Å². The maximum absolute atomic E-state index is 5.55. The largest absolute Gasteiger partial charge is 0.384 e. The number of anilines is 2. The summed E-state index contributed by atoms with van der Waals surface area (Å²) >= 11 is 0. The lowest BCUT2D eigenvalue weighted by molar-refractivity contribution is 0.431. The molecule has 1 fully saturated rings. The molecule has 1 unspecified atom stereocenters. The number of nitrogen functional groups attached to an aromatic ring is 1.